The summed E-state index contributed by atoms with van der Waals surface area (Å²) in [6.07, 6.45) is -0.802. The van der Waals surface area contributed by atoms with Crippen LogP contribution in [0.15, 0.2) is 64.8 Å². The molecule has 13 heteroatoms. The van der Waals surface area contributed by atoms with Crippen LogP contribution in [0.4, 0.5) is 5.69 Å². The quantitative estimate of drug-likeness (QED) is 0.157. The van der Waals surface area contributed by atoms with E-state index in [1.165, 1.54) is 25.3 Å². The summed E-state index contributed by atoms with van der Waals surface area (Å²) in [5.74, 6) is -2.07. The number of hydrogen-bond acceptors (Lipinski definition) is 12. The molecule has 3 atom stereocenters. The van der Waals surface area contributed by atoms with Crippen molar-refractivity contribution in [3.63, 3.8) is 0 Å². The first-order valence-corrected chi connectivity index (χ1v) is 15.0. The molecule has 0 radical (unpaired) electrons. The Morgan fingerprint density at radius 1 is 1.15 bits per heavy atom. The van der Waals surface area contributed by atoms with Crippen LogP contribution < -0.4 is 14.8 Å². The number of hydrogen-bond donors (Lipinski definition) is 2. The molecule has 0 spiro atoms. The summed E-state index contributed by atoms with van der Waals surface area (Å²) >= 11 is 0. The van der Waals surface area contributed by atoms with Crippen molar-refractivity contribution in [2.24, 2.45) is 10.9 Å². The van der Waals surface area contributed by atoms with Gasteiger partial charge >= 0.3 is 11.9 Å². The first-order chi connectivity index (χ1) is 21.8. The second-order valence-electron chi connectivity index (χ2n) is 11.7. The van der Waals surface area contributed by atoms with Crippen LogP contribution in [-0.2, 0) is 19.1 Å². The number of aliphatic hydroxyl groups is 1. The number of nitro benzene ring substituents is 1. The number of nitrogens with one attached hydrogen (secondary N) is 1. The van der Waals surface area contributed by atoms with Crippen LogP contribution in [0.5, 0.6) is 11.5 Å². The molecule has 2 aromatic rings. The summed E-state index contributed by atoms with van der Waals surface area (Å²) in [6, 6.07) is 13.1. The fraction of sp³-hybridized carbons (Fsp3) is 0.485. The number of aliphatic imine (C=N–C) groups is 1. The molecule has 0 saturated carbocycles. The van der Waals surface area contributed by atoms with E-state index < -0.39 is 40.3 Å². The van der Waals surface area contributed by atoms with Gasteiger partial charge in [0.25, 0.3) is 5.69 Å². The summed E-state index contributed by atoms with van der Waals surface area (Å²) in [4.78, 5) is 44.3. The Hall–Kier alpha value is -4.33. The molecule has 0 bridgehead atoms. The van der Waals surface area contributed by atoms with Crippen LogP contribution in [-0.4, -0.2) is 98.3 Å². The van der Waals surface area contributed by atoms with E-state index in [-0.39, 0.29) is 37.6 Å². The second-order valence-corrected chi connectivity index (χ2v) is 11.7. The second kappa shape index (κ2) is 16.3. The number of non-ortho nitro benzene ring substituents is 1. The Balaban J connectivity index is 1.82. The van der Waals surface area contributed by atoms with E-state index in [1.54, 1.807) is 39.2 Å². The summed E-state index contributed by atoms with van der Waals surface area (Å²) in [6.45, 7) is 8.41. The van der Waals surface area contributed by atoms with Gasteiger partial charge in [0.1, 0.15) is 18.6 Å². The number of nitro groups is 1. The Bertz CT molecular complexity index is 1460. The van der Waals surface area contributed by atoms with E-state index in [4.69, 9.17) is 23.9 Å². The van der Waals surface area contributed by atoms with E-state index >= 15 is 0 Å². The third-order valence-electron chi connectivity index (χ3n) is 7.50. The fourth-order valence-electron chi connectivity index (χ4n) is 5.55. The average Bonchev–Trinajstić information content (AvgIpc) is 3.02. The van der Waals surface area contributed by atoms with Gasteiger partial charge < -0.3 is 29.4 Å². The van der Waals surface area contributed by atoms with Crippen molar-refractivity contribution in [3.8, 4) is 11.5 Å². The highest BCUT2D eigenvalue weighted by Crippen LogP contribution is 2.41. The number of carbonyl (C=O) groups excluding carboxylic acids is 2. The standard InChI is InChI=1S/C33H44N4O9/c1-8-45-32(40)28-21(2)35-25(30(31(39)44-7)29(28)22-12-11-13-23(16-22)37(41)42)18-36(5)20-33(3,4)34-17-24(38)19-46-27-15-10-9-14-26(27)43-6/h9-16,24,28-29,34,38H,8,17-20H2,1-7H3. The van der Waals surface area contributed by atoms with E-state index in [0.717, 1.165) is 0 Å². The first-order valence-electron chi connectivity index (χ1n) is 15.0. The van der Waals surface area contributed by atoms with E-state index in [2.05, 4.69) is 5.32 Å². The molecule has 46 heavy (non-hydrogen) atoms. The lowest BCUT2D eigenvalue weighted by Crippen LogP contribution is -2.51. The summed E-state index contributed by atoms with van der Waals surface area (Å²) < 4.78 is 21.5. The molecule has 0 saturated heterocycles. The van der Waals surface area contributed by atoms with Crippen LogP contribution in [0.25, 0.3) is 0 Å². The number of benzene rings is 2. The minimum atomic E-state index is -0.984. The maximum atomic E-state index is 13.3. The maximum Gasteiger partial charge on any atom is 0.336 e. The number of rotatable bonds is 16. The molecule has 2 N–H and O–H groups in total. The summed E-state index contributed by atoms with van der Waals surface area (Å²) in [7, 11) is 4.65. The normalized spacial score (nSPS) is 17.3. The Morgan fingerprint density at radius 2 is 1.85 bits per heavy atom. The highest BCUT2D eigenvalue weighted by Gasteiger charge is 2.43. The van der Waals surface area contributed by atoms with Crippen LogP contribution in [0.3, 0.4) is 0 Å². The number of β-amino-alcohol motifs (C(OH)–C–C–N with tert-alkyl or cyclic N) is 1. The van der Waals surface area contributed by atoms with E-state index in [9.17, 15) is 24.8 Å². The number of aliphatic hydroxyl groups excluding tert-OH is 1. The number of nitrogens with zero attached hydrogens (tertiary/aromatic N) is 3. The van der Waals surface area contributed by atoms with Gasteiger partial charge in [0.05, 0.1) is 37.0 Å². The van der Waals surface area contributed by atoms with Gasteiger partial charge in [-0.2, -0.15) is 0 Å². The van der Waals surface area contributed by atoms with Crippen LogP contribution in [0.2, 0.25) is 0 Å². The molecule has 0 fully saturated rings. The van der Waals surface area contributed by atoms with Crippen molar-refractivity contribution < 1.29 is 38.6 Å². The molecule has 1 aliphatic rings. The number of esters is 2. The molecular weight excluding hydrogens is 596 g/mol. The molecular formula is C33H44N4O9. The molecule has 2 aromatic carbocycles. The van der Waals surface area contributed by atoms with Gasteiger partial charge in [-0.1, -0.05) is 24.3 Å². The summed E-state index contributed by atoms with van der Waals surface area (Å²) in [5, 5.41) is 25.5. The van der Waals surface area contributed by atoms with Crippen molar-refractivity contribution in [1.82, 2.24) is 10.2 Å². The van der Waals surface area contributed by atoms with E-state index in [0.29, 0.717) is 35.0 Å². The number of carbonyl (C=O) groups is 2. The lowest BCUT2D eigenvalue weighted by molar-refractivity contribution is -0.384. The fourth-order valence-corrected chi connectivity index (χ4v) is 5.55. The molecule has 1 aliphatic heterocycles. The minimum absolute atomic E-state index is 0.0589. The lowest BCUT2D eigenvalue weighted by atomic mass is 9.75. The SMILES string of the molecule is CCOC(=O)C1C(C)=NC(CN(C)CC(C)(C)NCC(O)COc2ccccc2OC)=C(C(=O)OC)C1c1cccc([N+](=O)[O-])c1. The molecule has 1 heterocycles. The molecule has 13 nitrogen and oxygen atoms in total. The number of likely N-dealkylation sites (N-methyl/N-ethyl adjacent to an activating group) is 1. The zero-order valence-electron chi connectivity index (χ0n) is 27.4. The third kappa shape index (κ3) is 9.35. The van der Waals surface area contributed by atoms with Gasteiger partial charge in [-0.3, -0.25) is 24.8 Å². The third-order valence-corrected chi connectivity index (χ3v) is 7.50. The Labute approximate surface area is 269 Å². The lowest BCUT2D eigenvalue weighted by Gasteiger charge is -2.35. The van der Waals surface area contributed by atoms with Crippen LogP contribution >= 0.6 is 0 Å². The smallest absolute Gasteiger partial charge is 0.336 e. The molecule has 3 unspecified atom stereocenters. The van der Waals surface area contributed by atoms with Gasteiger partial charge in [0.2, 0.25) is 0 Å². The number of methoxy groups -OCH3 is 2. The van der Waals surface area contributed by atoms with Crippen molar-refractivity contribution in [2.75, 3.05) is 54.1 Å². The van der Waals surface area contributed by atoms with Gasteiger partial charge in [0, 0.05) is 48.9 Å². The maximum absolute atomic E-state index is 13.3. The van der Waals surface area contributed by atoms with Crippen molar-refractivity contribution in [2.45, 2.75) is 45.3 Å². The van der Waals surface area contributed by atoms with Crippen molar-refractivity contribution in [1.29, 1.82) is 0 Å². The van der Waals surface area contributed by atoms with Crippen LogP contribution in [0.1, 0.15) is 39.2 Å². The molecule has 0 aromatic heterocycles. The largest absolute Gasteiger partial charge is 0.493 e. The van der Waals surface area contributed by atoms with Gasteiger partial charge in [-0.25, -0.2) is 4.79 Å². The topological polar surface area (TPSA) is 162 Å². The highest BCUT2D eigenvalue weighted by atomic mass is 16.6. The highest BCUT2D eigenvalue weighted by molar-refractivity contribution is 6.07. The molecule has 3 rings (SSSR count). The van der Waals surface area contributed by atoms with Gasteiger partial charge in [-0.05, 0) is 52.4 Å². The van der Waals surface area contributed by atoms with Crippen molar-refractivity contribution in [3.05, 3.63) is 75.5 Å². The molecule has 0 aliphatic carbocycles. The van der Waals surface area contributed by atoms with Gasteiger partial charge in [0.15, 0.2) is 11.5 Å². The zero-order valence-corrected chi connectivity index (χ0v) is 27.4. The minimum Gasteiger partial charge on any atom is -0.493 e. The van der Waals surface area contributed by atoms with Crippen LogP contribution in [0, 0.1) is 16.0 Å². The summed E-state index contributed by atoms with van der Waals surface area (Å²) in [5.41, 5.74) is 0.659. The predicted octanol–water partition coefficient (Wildman–Crippen LogP) is 3.51. The molecule has 0 amide bonds. The average molecular weight is 641 g/mol. The zero-order chi connectivity index (χ0) is 34.0. The van der Waals surface area contributed by atoms with Gasteiger partial charge in [-0.15, -0.1) is 0 Å². The number of para-hydroxylation sites is 2. The number of ether oxygens (including phenoxy) is 4. The molecule has 250 valence electrons. The Morgan fingerprint density at radius 3 is 2.48 bits per heavy atom. The Kier molecular flexibility index (Phi) is 12.8. The first kappa shape index (κ1) is 36.1. The van der Waals surface area contributed by atoms with Crippen molar-refractivity contribution >= 4 is 23.3 Å². The monoisotopic (exact) mass is 640 g/mol. The predicted molar refractivity (Wildman–Crippen MR) is 172 cm³/mol. The van der Waals surface area contributed by atoms with E-state index in [1.807, 2.05) is 37.9 Å².